The molecule has 0 fully saturated rings. The van der Waals surface area contributed by atoms with Gasteiger partial charge in [-0.05, 0) is 64.6 Å². The molecule has 0 atom stereocenters. The minimum atomic E-state index is -0.752. The molecule has 1 aromatic heterocycles. The molecule has 7 nitrogen and oxygen atoms in total. The van der Waals surface area contributed by atoms with Gasteiger partial charge in [0.05, 0.1) is 5.52 Å². The Morgan fingerprint density at radius 1 is 0.969 bits per heavy atom. The molecule has 0 aliphatic rings. The number of aromatic nitrogens is 1. The number of carbonyl (C=O) groups excluding carboxylic acids is 2. The largest absolute Gasteiger partial charge is 0.493 e. The lowest BCUT2D eigenvalue weighted by Crippen LogP contribution is -2.26. The van der Waals surface area contributed by atoms with Crippen LogP contribution in [0.5, 0.6) is 5.88 Å². The third kappa shape index (κ3) is 4.92. The number of nitrogens with zero attached hydrogens (tertiary/aromatic N) is 2. The van der Waals surface area contributed by atoms with E-state index < -0.39 is 11.8 Å². The van der Waals surface area contributed by atoms with E-state index in [1.54, 1.807) is 48.5 Å². The summed E-state index contributed by atoms with van der Waals surface area (Å²) >= 11 is 2.15. The molecule has 158 valence electrons. The van der Waals surface area contributed by atoms with Gasteiger partial charge in [0.15, 0.2) is 5.69 Å². The number of aromatic amines is 1. The van der Waals surface area contributed by atoms with Gasteiger partial charge in [0.25, 0.3) is 5.91 Å². The molecule has 0 unspecified atom stereocenters. The summed E-state index contributed by atoms with van der Waals surface area (Å²) in [6.07, 6.45) is 1.53. The molecule has 1 heterocycles. The summed E-state index contributed by atoms with van der Waals surface area (Å²) in [5.41, 5.74) is 1.90. The molecule has 8 heteroatoms. The molecule has 0 radical (unpaired) electrons. The van der Waals surface area contributed by atoms with Crippen LogP contribution in [0, 0.1) is 3.57 Å². The first-order valence-electron chi connectivity index (χ1n) is 9.60. The number of halogens is 1. The second kappa shape index (κ2) is 9.56. The van der Waals surface area contributed by atoms with E-state index in [0.29, 0.717) is 22.0 Å². The lowest BCUT2D eigenvalue weighted by Gasteiger charge is -2.07. The lowest BCUT2D eigenvalue weighted by molar-refractivity contribution is -0.115. The van der Waals surface area contributed by atoms with Gasteiger partial charge in [0.2, 0.25) is 5.88 Å². The van der Waals surface area contributed by atoms with Crippen molar-refractivity contribution in [3.63, 3.8) is 0 Å². The van der Waals surface area contributed by atoms with Gasteiger partial charge in [-0.25, -0.2) is 0 Å². The average molecular weight is 536 g/mol. The van der Waals surface area contributed by atoms with E-state index in [9.17, 15) is 14.7 Å². The Morgan fingerprint density at radius 2 is 1.66 bits per heavy atom. The van der Waals surface area contributed by atoms with Crippen LogP contribution in [0.15, 0.2) is 94.8 Å². The summed E-state index contributed by atoms with van der Waals surface area (Å²) < 4.78 is 0.941. The van der Waals surface area contributed by atoms with Gasteiger partial charge in [-0.2, -0.15) is 0 Å². The highest BCUT2D eigenvalue weighted by molar-refractivity contribution is 14.1. The fourth-order valence-electron chi connectivity index (χ4n) is 3.04. The number of azo groups is 1. The maximum atomic E-state index is 12.9. The lowest BCUT2D eigenvalue weighted by atomic mass is 10.1. The zero-order chi connectivity index (χ0) is 22.5. The highest BCUT2D eigenvalue weighted by Crippen LogP contribution is 2.36. The van der Waals surface area contributed by atoms with Gasteiger partial charge >= 0.3 is 5.91 Å². The Bertz CT molecular complexity index is 1350. The van der Waals surface area contributed by atoms with Crippen LogP contribution in [0.3, 0.4) is 0 Å². The molecule has 0 aliphatic carbocycles. The first-order chi connectivity index (χ1) is 15.5. The number of H-pyrrole nitrogens is 1. The monoisotopic (exact) mass is 536 g/mol. The van der Waals surface area contributed by atoms with Crippen LogP contribution in [0.25, 0.3) is 17.0 Å². The molecule has 3 aromatic carbocycles. The van der Waals surface area contributed by atoms with Crippen LogP contribution in [0.4, 0.5) is 5.69 Å². The first-order valence-corrected chi connectivity index (χ1v) is 10.7. The molecular formula is C24H17IN4O3. The second-order valence-corrected chi connectivity index (χ2v) is 8.05. The molecular weight excluding hydrogens is 519 g/mol. The van der Waals surface area contributed by atoms with Crippen LogP contribution < -0.4 is 5.32 Å². The van der Waals surface area contributed by atoms with Crippen molar-refractivity contribution >= 4 is 57.1 Å². The van der Waals surface area contributed by atoms with Crippen molar-refractivity contribution in [1.29, 1.82) is 0 Å². The number of benzene rings is 3. The number of fused-ring (bicyclic) bond motifs is 1. The van der Waals surface area contributed by atoms with E-state index in [2.05, 4.69) is 43.1 Å². The first kappa shape index (κ1) is 21.4. The summed E-state index contributed by atoms with van der Waals surface area (Å²) in [6, 6.07) is 23.1. The molecule has 4 rings (SSSR count). The van der Waals surface area contributed by atoms with Crippen molar-refractivity contribution in [2.75, 3.05) is 0 Å². The van der Waals surface area contributed by atoms with Crippen LogP contribution in [0.2, 0.25) is 0 Å². The third-order valence-electron chi connectivity index (χ3n) is 4.58. The van der Waals surface area contributed by atoms with E-state index in [4.69, 9.17) is 0 Å². The quantitative estimate of drug-likeness (QED) is 0.177. The minimum Gasteiger partial charge on any atom is -0.493 e. The number of nitrogens with one attached hydrogen (secondary N) is 2. The second-order valence-electron chi connectivity index (χ2n) is 6.81. The van der Waals surface area contributed by atoms with E-state index in [-0.39, 0.29) is 17.3 Å². The molecule has 0 spiro atoms. The average Bonchev–Trinajstić information content (AvgIpc) is 3.12. The predicted octanol–water partition coefficient (Wildman–Crippen LogP) is 5.56. The van der Waals surface area contributed by atoms with Crippen molar-refractivity contribution in [3.05, 3.63) is 99.3 Å². The zero-order valence-electron chi connectivity index (χ0n) is 16.6. The third-order valence-corrected chi connectivity index (χ3v) is 5.25. The Kier molecular flexibility index (Phi) is 6.41. The van der Waals surface area contributed by atoms with Crippen LogP contribution >= 0.6 is 22.6 Å². The van der Waals surface area contributed by atoms with Crippen LogP contribution in [-0.2, 0) is 4.79 Å². The molecule has 0 bridgehead atoms. The fraction of sp³-hybridized carbons (Fsp3) is 0. The Morgan fingerprint density at radius 3 is 2.38 bits per heavy atom. The molecule has 0 saturated carbocycles. The van der Waals surface area contributed by atoms with Crippen molar-refractivity contribution in [1.82, 2.24) is 10.3 Å². The summed E-state index contributed by atoms with van der Waals surface area (Å²) in [6.45, 7) is 0. The highest BCUT2D eigenvalue weighted by atomic mass is 127. The number of hydrogen-bond donors (Lipinski definition) is 3. The van der Waals surface area contributed by atoms with Crippen molar-refractivity contribution in [3.8, 4) is 5.88 Å². The topological polar surface area (TPSA) is 107 Å². The number of amides is 2. The normalized spacial score (nSPS) is 11.7. The highest BCUT2D eigenvalue weighted by Gasteiger charge is 2.16. The number of hydrogen-bond acceptors (Lipinski definition) is 4. The van der Waals surface area contributed by atoms with Crippen LogP contribution in [-0.4, -0.2) is 21.9 Å². The standard InChI is InChI=1S/C24H17IN4O3/c25-17-11-12-19-18(14-17)21(24(32)26-19)28-29-23(31)20(13-15-7-3-1-4-8-15)27-22(30)16-9-5-2-6-10-16/h1-14,26,32H,(H,27,30)/b20-13+,29-28?. The number of carbonyl (C=O) groups is 2. The predicted molar refractivity (Wildman–Crippen MR) is 131 cm³/mol. The van der Waals surface area contributed by atoms with Gasteiger partial charge in [-0.15, -0.1) is 10.2 Å². The van der Waals surface area contributed by atoms with E-state index in [1.807, 2.05) is 30.3 Å². The van der Waals surface area contributed by atoms with E-state index in [0.717, 1.165) is 3.57 Å². The molecule has 0 aliphatic heterocycles. The summed E-state index contributed by atoms with van der Waals surface area (Å²) in [4.78, 5) is 28.3. The number of rotatable bonds is 5. The van der Waals surface area contributed by atoms with Gasteiger partial charge in [0.1, 0.15) is 5.70 Å². The van der Waals surface area contributed by atoms with Crippen molar-refractivity contribution in [2.45, 2.75) is 0 Å². The minimum absolute atomic E-state index is 0.0392. The van der Waals surface area contributed by atoms with Gasteiger partial charge < -0.3 is 15.4 Å². The van der Waals surface area contributed by atoms with Gasteiger partial charge in [-0.3, -0.25) is 9.59 Å². The zero-order valence-corrected chi connectivity index (χ0v) is 18.8. The maximum absolute atomic E-state index is 12.9. The smallest absolute Gasteiger partial charge is 0.311 e. The van der Waals surface area contributed by atoms with Crippen LogP contribution in [0.1, 0.15) is 15.9 Å². The maximum Gasteiger partial charge on any atom is 0.311 e. The van der Waals surface area contributed by atoms with Gasteiger partial charge in [0, 0.05) is 14.5 Å². The SMILES string of the molecule is O=C(N=Nc1c(O)[nH]c2ccc(I)cc12)/C(=C\c1ccccc1)NC(=O)c1ccccc1. The summed E-state index contributed by atoms with van der Waals surface area (Å²) in [7, 11) is 0. The molecule has 2 amide bonds. The number of aromatic hydroxyl groups is 1. The summed E-state index contributed by atoms with van der Waals surface area (Å²) in [5.74, 6) is -1.39. The molecule has 4 aromatic rings. The molecule has 32 heavy (non-hydrogen) atoms. The van der Waals surface area contributed by atoms with E-state index in [1.165, 1.54) is 6.08 Å². The van der Waals surface area contributed by atoms with Crippen molar-refractivity contribution < 1.29 is 14.7 Å². The Hall–Kier alpha value is -3.79. The molecule has 0 saturated heterocycles. The Labute approximate surface area is 197 Å². The Balaban J connectivity index is 1.66. The van der Waals surface area contributed by atoms with E-state index >= 15 is 0 Å². The molecule has 3 N–H and O–H groups in total. The van der Waals surface area contributed by atoms with Gasteiger partial charge in [-0.1, -0.05) is 48.5 Å². The summed E-state index contributed by atoms with van der Waals surface area (Å²) in [5, 5.41) is 21.2. The van der Waals surface area contributed by atoms with Crippen molar-refractivity contribution in [2.24, 2.45) is 10.2 Å². The fourth-order valence-corrected chi connectivity index (χ4v) is 3.53.